The standard InChI is InChI=1S/C13H24N5.ClH/c1-18(2)9-7-16(8-10-18)13-12(14)11-5-3-4-6-17(11)15-13;/h3-10,14H2,1-2H3;1H/q+1;/p-1. The largest absolute Gasteiger partial charge is 1.00 e. The molecule has 3 rings (SSSR count). The third-order valence-corrected chi connectivity index (χ3v) is 4.36. The fourth-order valence-electron chi connectivity index (χ4n) is 2.95. The van der Waals surface area contributed by atoms with Crippen molar-refractivity contribution in [3.63, 3.8) is 0 Å². The predicted octanol–water partition coefficient (Wildman–Crippen LogP) is -2.30. The van der Waals surface area contributed by atoms with E-state index in [-0.39, 0.29) is 12.4 Å². The van der Waals surface area contributed by atoms with Gasteiger partial charge in [0.05, 0.1) is 51.7 Å². The van der Waals surface area contributed by atoms with Crippen LogP contribution < -0.4 is 23.0 Å². The molecule has 0 amide bonds. The minimum atomic E-state index is 0. The van der Waals surface area contributed by atoms with Crippen molar-refractivity contribution in [2.75, 3.05) is 50.9 Å². The highest BCUT2D eigenvalue weighted by atomic mass is 35.5. The zero-order valence-corrected chi connectivity index (χ0v) is 12.7. The van der Waals surface area contributed by atoms with E-state index in [0.29, 0.717) is 0 Å². The summed E-state index contributed by atoms with van der Waals surface area (Å²) >= 11 is 0. The number of likely N-dealkylation sites (N-methyl/N-ethyl adjacent to an activating group) is 1. The highest BCUT2D eigenvalue weighted by Crippen LogP contribution is 2.30. The summed E-state index contributed by atoms with van der Waals surface area (Å²) < 4.78 is 3.23. The van der Waals surface area contributed by atoms with E-state index in [0.717, 1.165) is 42.0 Å². The molecule has 2 N–H and O–H groups in total. The molecule has 19 heavy (non-hydrogen) atoms. The average Bonchev–Trinajstić information content (AvgIpc) is 2.68. The van der Waals surface area contributed by atoms with Crippen molar-refractivity contribution in [3.8, 4) is 0 Å². The summed E-state index contributed by atoms with van der Waals surface area (Å²) in [4.78, 5) is 2.37. The number of halogens is 1. The molecule has 0 unspecified atom stereocenters. The van der Waals surface area contributed by atoms with Gasteiger partial charge in [0, 0.05) is 6.54 Å². The molecule has 0 aromatic carbocycles. The van der Waals surface area contributed by atoms with Crippen molar-refractivity contribution >= 4 is 11.5 Å². The van der Waals surface area contributed by atoms with Crippen molar-refractivity contribution < 1.29 is 16.9 Å². The van der Waals surface area contributed by atoms with Crippen molar-refractivity contribution in [2.45, 2.75) is 25.8 Å². The van der Waals surface area contributed by atoms with Crippen LogP contribution in [0.3, 0.4) is 0 Å². The lowest BCUT2D eigenvalue weighted by Gasteiger charge is -2.39. The number of hydrogen-bond acceptors (Lipinski definition) is 3. The zero-order valence-electron chi connectivity index (χ0n) is 11.9. The van der Waals surface area contributed by atoms with Crippen LogP contribution >= 0.6 is 0 Å². The highest BCUT2D eigenvalue weighted by molar-refractivity contribution is 5.66. The lowest BCUT2D eigenvalue weighted by Crippen LogP contribution is -3.00. The Morgan fingerprint density at radius 3 is 2.42 bits per heavy atom. The van der Waals surface area contributed by atoms with E-state index in [9.17, 15) is 0 Å². The Morgan fingerprint density at radius 2 is 1.79 bits per heavy atom. The second-order valence-electron chi connectivity index (χ2n) is 6.23. The Labute approximate surface area is 121 Å². The van der Waals surface area contributed by atoms with E-state index < -0.39 is 0 Å². The number of aryl methyl sites for hydroxylation is 1. The number of hydrogen-bond donors (Lipinski definition) is 1. The summed E-state index contributed by atoms with van der Waals surface area (Å²) in [6, 6.07) is 0. The fourth-order valence-corrected chi connectivity index (χ4v) is 2.95. The molecule has 1 aromatic heterocycles. The molecule has 5 nitrogen and oxygen atoms in total. The third kappa shape index (κ3) is 2.67. The van der Waals surface area contributed by atoms with E-state index >= 15 is 0 Å². The van der Waals surface area contributed by atoms with Gasteiger partial charge in [0.15, 0.2) is 5.82 Å². The maximum Gasteiger partial charge on any atom is 0.174 e. The smallest absolute Gasteiger partial charge is 0.174 e. The summed E-state index contributed by atoms with van der Waals surface area (Å²) in [7, 11) is 4.58. The molecular formula is C13H24ClN5. The quantitative estimate of drug-likeness (QED) is 0.591. The number of nitrogens with two attached hydrogens (primary N) is 1. The number of rotatable bonds is 1. The van der Waals surface area contributed by atoms with Crippen LogP contribution in [0.4, 0.5) is 11.5 Å². The lowest BCUT2D eigenvalue weighted by molar-refractivity contribution is -0.890. The first kappa shape index (κ1) is 14.5. The van der Waals surface area contributed by atoms with Crippen LogP contribution in [-0.4, -0.2) is 54.5 Å². The minimum Gasteiger partial charge on any atom is -1.00 e. The van der Waals surface area contributed by atoms with Gasteiger partial charge in [0.25, 0.3) is 0 Å². The van der Waals surface area contributed by atoms with Gasteiger partial charge in [-0.15, -0.1) is 0 Å². The Morgan fingerprint density at radius 1 is 1.11 bits per heavy atom. The first-order valence-electron chi connectivity index (χ1n) is 6.99. The molecule has 1 saturated heterocycles. The van der Waals surface area contributed by atoms with E-state index in [1.54, 1.807) is 0 Å². The molecule has 2 aliphatic heterocycles. The molecule has 1 aromatic rings. The number of nitrogens with zero attached hydrogens (tertiary/aromatic N) is 4. The maximum atomic E-state index is 6.29. The van der Waals surface area contributed by atoms with Crippen molar-refractivity contribution in [1.29, 1.82) is 0 Å². The van der Waals surface area contributed by atoms with Crippen LogP contribution in [-0.2, 0) is 13.0 Å². The zero-order chi connectivity index (χ0) is 12.8. The molecule has 3 heterocycles. The number of aromatic nitrogens is 2. The molecule has 0 radical (unpaired) electrons. The number of fused-ring (bicyclic) bond motifs is 1. The predicted molar refractivity (Wildman–Crippen MR) is 73.6 cm³/mol. The highest BCUT2D eigenvalue weighted by Gasteiger charge is 2.28. The van der Waals surface area contributed by atoms with E-state index in [2.05, 4.69) is 23.7 Å². The number of quaternary nitrogens is 1. The molecule has 0 spiro atoms. The van der Waals surface area contributed by atoms with Gasteiger partial charge in [-0.1, -0.05) is 0 Å². The van der Waals surface area contributed by atoms with E-state index in [1.165, 1.54) is 31.6 Å². The van der Waals surface area contributed by atoms with Gasteiger partial charge in [-0.05, 0) is 19.3 Å². The van der Waals surface area contributed by atoms with E-state index in [4.69, 9.17) is 10.8 Å². The van der Waals surface area contributed by atoms with Crippen molar-refractivity contribution in [2.24, 2.45) is 0 Å². The second kappa shape index (κ2) is 5.21. The Kier molecular flexibility index (Phi) is 3.97. The number of anilines is 2. The van der Waals surface area contributed by atoms with Crippen LogP contribution in [0.1, 0.15) is 18.5 Å². The van der Waals surface area contributed by atoms with Gasteiger partial charge in [-0.2, -0.15) is 5.10 Å². The van der Waals surface area contributed by atoms with Gasteiger partial charge < -0.3 is 27.5 Å². The van der Waals surface area contributed by atoms with Crippen LogP contribution in [0.25, 0.3) is 0 Å². The molecule has 0 aliphatic carbocycles. The molecule has 1 fully saturated rings. The topological polar surface area (TPSA) is 47.1 Å². The van der Waals surface area contributed by atoms with Gasteiger partial charge >= 0.3 is 0 Å². The molecule has 2 aliphatic rings. The van der Waals surface area contributed by atoms with Crippen molar-refractivity contribution in [3.05, 3.63) is 5.69 Å². The first-order valence-corrected chi connectivity index (χ1v) is 6.99. The Balaban J connectivity index is 0.00000133. The first-order chi connectivity index (χ1) is 8.57. The summed E-state index contributed by atoms with van der Waals surface area (Å²) in [5.41, 5.74) is 8.48. The molecule has 108 valence electrons. The minimum absolute atomic E-state index is 0. The fraction of sp³-hybridized carbons (Fsp3) is 0.769. The number of nitrogen functional groups attached to an aromatic ring is 1. The average molecular weight is 286 g/mol. The van der Waals surface area contributed by atoms with Crippen LogP contribution in [0, 0.1) is 0 Å². The summed E-state index contributed by atoms with van der Waals surface area (Å²) in [5, 5.41) is 4.73. The van der Waals surface area contributed by atoms with Crippen molar-refractivity contribution in [1.82, 2.24) is 9.78 Å². The second-order valence-corrected chi connectivity index (χ2v) is 6.23. The van der Waals surface area contributed by atoms with Gasteiger partial charge in [0.1, 0.15) is 0 Å². The van der Waals surface area contributed by atoms with E-state index in [1.807, 2.05) is 0 Å². The third-order valence-electron chi connectivity index (χ3n) is 4.36. The Hall–Kier alpha value is -0.940. The van der Waals surface area contributed by atoms with Crippen LogP contribution in [0.5, 0.6) is 0 Å². The summed E-state index contributed by atoms with van der Waals surface area (Å²) in [6.07, 6.45) is 3.57. The van der Waals surface area contributed by atoms with Crippen LogP contribution in [0.15, 0.2) is 0 Å². The van der Waals surface area contributed by atoms with Gasteiger partial charge in [0.2, 0.25) is 0 Å². The van der Waals surface area contributed by atoms with Crippen LogP contribution in [0.2, 0.25) is 0 Å². The normalized spacial score (nSPS) is 21.7. The molecule has 0 saturated carbocycles. The number of piperazine rings is 1. The molecular weight excluding hydrogens is 262 g/mol. The van der Waals surface area contributed by atoms with Gasteiger partial charge in [-0.3, -0.25) is 4.68 Å². The summed E-state index contributed by atoms with van der Waals surface area (Å²) in [6.45, 7) is 5.50. The monoisotopic (exact) mass is 285 g/mol. The molecule has 0 bridgehead atoms. The summed E-state index contributed by atoms with van der Waals surface area (Å²) in [5.74, 6) is 1.03. The molecule has 6 heteroatoms. The Bertz CT molecular complexity index is 444. The molecule has 0 atom stereocenters. The SMILES string of the molecule is C[N+]1(C)CCN(c2nn3c(c2N)CCCC3)CC1.[Cl-]. The maximum absolute atomic E-state index is 6.29. The van der Waals surface area contributed by atoms with Gasteiger partial charge in [-0.25, -0.2) is 0 Å². The lowest BCUT2D eigenvalue weighted by atomic mass is 10.1.